The maximum absolute atomic E-state index is 14.7. The van der Waals surface area contributed by atoms with Gasteiger partial charge in [-0.2, -0.15) is 12.7 Å². The van der Waals surface area contributed by atoms with E-state index in [0.29, 0.717) is 16.4 Å². The van der Waals surface area contributed by atoms with Crippen molar-refractivity contribution in [3.63, 3.8) is 0 Å². The van der Waals surface area contributed by atoms with Crippen molar-refractivity contribution in [1.82, 2.24) is 14.5 Å². The lowest BCUT2D eigenvalue weighted by Gasteiger charge is -2.34. The van der Waals surface area contributed by atoms with Crippen molar-refractivity contribution in [2.75, 3.05) is 31.5 Å². The van der Waals surface area contributed by atoms with Gasteiger partial charge in [0.15, 0.2) is 0 Å². The summed E-state index contributed by atoms with van der Waals surface area (Å²) in [6.07, 6.45) is 0.234. The lowest BCUT2D eigenvalue weighted by atomic mass is 10.1. The largest absolute Gasteiger partial charge is 0.354 e. The van der Waals surface area contributed by atoms with Crippen molar-refractivity contribution >= 4 is 50.9 Å². The zero-order chi connectivity index (χ0) is 27.9. The molecule has 0 aliphatic rings. The van der Waals surface area contributed by atoms with Crippen LogP contribution in [0.4, 0.5) is 10.1 Å². The zero-order valence-corrected chi connectivity index (χ0v) is 23.9. The van der Waals surface area contributed by atoms with Gasteiger partial charge in [0.1, 0.15) is 18.4 Å². The van der Waals surface area contributed by atoms with E-state index in [1.165, 1.54) is 37.2 Å². The quantitative estimate of drug-likeness (QED) is 0.408. The first-order chi connectivity index (χ1) is 17.3. The summed E-state index contributed by atoms with van der Waals surface area (Å²) in [4.78, 5) is 28.2. The number of carbonyl (C=O) groups excluding carboxylic acids is 2. The van der Waals surface area contributed by atoms with Crippen molar-refractivity contribution in [1.29, 1.82) is 0 Å². The first-order valence-corrected chi connectivity index (χ1v) is 13.9. The minimum absolute atomic E-state index is 0.155. The predicted octanol–water partition coefficient (Wildman–Crippen LogP) is 4.32. The Bertz CT molecular complexity index is 1190. The highest BCUT2D eigenvalue weighted by Gasteiger charge is 2.35. The zero-order valence-electron chi connectivity index (χ0n) is 21.5. The molecule has 12 heteroatoms. The average Bonchev–Trinajstić information content (AvgIpc) is 2.83. The van der Waals surface area contributed by atoms with Crippen LogP contribution in [0, 0.1) is 11.7 Å². The Morgan fingerprint density at radius 1 is 1.03 bits per heavy atom. The first kappa shape index (κ1) is 30.8. The van der Waals surface area contributed by atoms with Gasteiger partial charge in [0, 0.05) is 42.8 Å². The van der Waals surface area contributed by atoms with E-state index in [0.717, 1.165) is 10.4 Å². The minimum atomic E-state index is -4.28. The molecular weight excluding hydrogens is 542 g/mol. The van der Waals surface area contributed by atoms with Gasteiger partial charge in [-0.25, -0.2) is 8.70 Å². The van der Waals surface area contributed by atoms with Gasteiger partial charge in [-0.1, -0.05) is 62.2 Å². The molecule has 0 aliphatic heterocycles. The number of nitrogens with zero attached hydrogens (tertiary/aromatic N) is 3. The molecular formula is C25H33Cl2FN4O4S. The Kier molecular flexibility index (Phi) is 11.2. The molecule has 2 amide bonds. The standard InChI is InChI=1S/C25H33Cl2FN4O4S/c1-6-22(25(34)29-14-17(2)3)31(15-18-19(26)10-9-11-20(18)27)24(33)16-32(37(35,36)30(4)5)23-13-8-7-12-21(23)28/h7-13,17,22H,6,14-16H2,1-5H3,(H,29,34)/t22-/m0/s1. The number of halogens is 3. The summed E-state index contributed by atoms with van der Waals surface area (Å²) in [6.45, 7) is 5.09. The SMILES string of the molecule is CC[C@@H](C(=O)NCC(C)C)N(Cc1c(Cl)cccc1Cl)C(=O)CN(c1ccccc1F)S(=O)(=O)N(C)C. The average molecular weight is 576 g/mol. The fourth-order valence-corrected chi connectivity index (χ4v) is 5.13. The third-order valence-electron chi connectivity index (χ3n) is 5.60. The number of anilines is 1. The van der Waals surface area contributed by atoms with Crippen LogP contribution in [-0.2, 0) is 26.3 Å². The van der Waals surface area contributed by atoms with Gasteiger partial charge in [-0.3, -0.25) is 9.59 Å². The molecule has 2 rings (SSSR count). The predicted molar refractivity (Wildman–Crippen MR) is 145 cm³/mol. The van der Waals surface area contributed by atoms with E-state index in [1.54, 1.807) is 25.1 Å². The summed E-state index contributed by atoms with van der Waals surface area (Å²) >= 11 is 12.7. The number of hydrogen-bond acceptors (Lipinski definition) is 4. The maximum Gasteiger partial charge on any atom is 0.304 e. The van der Waals surface area contributed by atoms with Gasteiger partial charge in [0.25, 0.3) is 0 Å². The molecule has 37 heavy (non-hydrogen) atoms. The van der Waals surface area contributed by atoms with E-state index in [1.807, 2.05) is 13.8 Å². The third kappa shape index (κ3) is 7.80. The number of carbonyl (C=O) groups is 2. The molecule has 1 N–H and O–H groups in total. The number of hydrogen-bond donors (Lipinski definition) is 1. The van der Waals surface area contributed by atoms with Crippen LogP contribution in [0.1, 0.15) is 32.8 Å². The van der Waals surface area contributed by atoms with Gasteiger partial charge in [-0.15, -0.1) is 0 Å². The highest BCUT2D eigenvalue weighted by Crippen LogP contribution is 2.28. The summed E-state index contributed by atoms with van der Waals surface area (Å²) in [6, 6.07) is 9.16. The van der Waals surface area contributed by atoms with Crippen LogP contribution in [-0.4, -0.2) is 62.7 Å². The number of nitrogens with one attached hydrogen (secondary N) is 1. The second-order valence-corrected chi connectivity index (χ2v) is 11.9. The lowest BCUT2D eigenvalue weighted by molar-refractivity contribution is -0.140. The van der Waals surface area contributed by atoms with Gasteiger partial charge < -0.3 is 10.2 Å². The second kappa shape index (κ2) is 13.4. The van der Waals surface area contributed by atoms with Crippen LogP contribution in [0.3, 0.4) is 0 Å². The van der Waals surface area contributed by atoms with E-state index >= 15 is 0 Å². The molecule has 2 aromatic rings. The number of para-hydroxylation sites is 1. The summed E-state index contributed by atoms with van der Waals surface area (Å²) in [7, 11) is -1.72. The van der Waals surface area contributed by atoms with E-state index < -0.39 is 40.4 Å². The fraction of sp³-hybridized carbons (Fsp3) is 0.440. The Balaban J connectivity index is 2.56. The molecule has 0 fully saturated rings. The molecule has 0 aromatic heterocycles. The minimum Gasteiger partial charge on any atom is -0.354 e. The molecule has 1 atom stereocenters. The van der Waals surface area contributed by atoms with Gasteiger partial charge >= 0.3 is 10.2 Å². The number of benzene rings is 2. The molecule has 0 saturated heterocycles. The lowest BCUT2D eigenvalue weighted by Crippen LogP contribution is -2.53. The fourth-order valence-electron chi connectivity index (χ4n) is 3.55. The van der Waals surface area contributed by atoms with Crippen LogP contribution in [0.25, 0.3) is 0 Å². The third-order valence-corrected chi connectivity index (χ3v) is 8.11. The monoisotopic (exact) mass is 574 g/mol. The molecule has 204 valence electrons. The smallest absolute Gasteiger partial charge is 0.304 e. The molecule has 0 spiro atoms. The summed E-state index contributed by atoms with van der Waals surface area (Å²) in [5.74, 6) is -1.77. The molecule has 0 saturated carbocycles. The Hall–Kier alpha value is -2.40. The highest BCUT2D eigenvalue weighted by atomic mass is 35.5. The molecule has 8 nitrogen and oxygen atoms in total. The highest BCUT2D eigenvalue weighted by molar-refractivity contribution is 7.90. The molecule has 0 aliphatic carbocycles. The summed E-state index contributed by atoms with van der Waals surface area (Å²) in [5, 5.41) is 3.40. The molecule has 0 heterocycles. The van der Waals surface area contributed by atoms with Crippen LogP contribution in [0.15, 0.2) is 42.5 Å². The van der Waals surface area contributed by atoms with Crippen molar-refractivity contribution in [3.05, 3.63) is 63.9 Å². The second-order valence-electron chi connectivity index (χ2n) is 9.03. The number of rotatable bonds is 12. The van der Waals surface area contributed by atoms with Gasteiger partial charge in [0.05, 0.1) is 5.69 Å². The van der Waals surface area contributed by atoms with Crippen molar-refractivity contribution in [2.24, 2.45) is 5.92 Å². The Labute approximate surface area is 228 Å². The van der Waals surface area contributed by atoms with E-state index in [4.69, 9.17) is 23.2 Å². The van der Waals surface area contributed by atoms with Crippen LogP contribution >= 0.6 is 23.2 Å². The Morgan fingerprint density at radius 2 is 1.62 bits per heavy atom. The van der Waals surface area contributed by atoms with Gasteiger partial charge in [0.2, 0.25) is 11.8 Å². The van der Waals surface area contributed by atoms with Crippen LogP contribution in [0.5, 0.6) is 0 Å². The normalized spacial score (nSPS) is 12.5. The van der Waals surface area contributed by atoms with E-state index in [2.05, 4.69) is 5.32 Å². The molecule has 0 bridgehead atoms. The van der Waals surface area contributed by atoms with Crippen molar-refractivity contribution in [2.45, 2.75) is 39.8 Å². The van der Waals surface area contributed by atoms with Gasteiger partial charge in [-0.05, 0) is 36.6 Å². The van der Waals surface area contributed by atoms with E-state index in [-0.39, 0.29) is 34.6 Å². The van der Waals surface area contributed by atoms with Crippen molar-refractivity contribution < 1.29 is 22.4 Å². The van der Waals surface area contributed by atoms with Crippen molar-refractivity contribution in [3.8, 4) is 0 Å². The topological polar surface area (TPSA) is 90.0 Å². The summed E-state index contributed by atoms with van der Waals surface area (Å²) < 4.78 is 42.6. The Morgan fingerprint density at radius 3 is 2.14 bits per heavy atom. The number of amides is 2. The van der Waals surface area contributed by atoms with Crippen LogP contribution < -0.4 is 9.62 Å². The molecule has 0 radical (unpaired) electrons. The van der Waals surface area contributed by atoms with E-state index in [9.17, 15) is 22.4 Å². The summed E-state index contributed by atoms with van der Waals surface area (Å²) in [5.41, 5.74) is 0.111. The molecule has 2 aromatic carbocycles. The van der Waals surface area contributed by atoms with Crippen LogP contribution in [0.2, 0.25) is 10.0 Å². The first-order valence-electron chi connectivity index (χ1n) is 11.8. The molecule has 0 unspecified atom stereocenters. The maximum atomic E-state index is 14.7.